The number of rotatable bonds is 4. The number of hydrogen-bond acceptors (Lipinski definition) is 5. The lowest BCUT2D eigenvalue weighted by molar-refractivity contribution is -0.193. The Labute approximate surface area is 147 Å². The van der Waals surface area contributed by atoms with Crippen LogP contribution < -0.4 is 0 Å². The second-order valence-electron chi connectivity index (χ2n) is 6.90. The van der Waals surface area contributed by atoms with Gasteiger partial charge in [-0.1, -0.05) is 33.1 Å². The molecule has 6 heteroatoms. The third-order valence-electron chi connectivity index (χ3n) is 4.92. The molecule has 0 aliphatic heterocycles. The van der Waals surface area contributed by atoms with Gasteiger partial charge in [0.2, 0.25) is 0 Å². The van der Waals surface area contributed by atoms with E-state index in [1.807, 2.05) is 13.8 Å². The van der Waals surface area contributed by atoms with Crippen molar-refractivity contribution < 1.29 is 24.0 Å². The third-order valence-corrected chi connectivity index (χ3v) is 4.92. The summed E-state index contributed by atoms with van der Waals surface area (Å²) >= 11 is 0. The minimum Gasteiger partial charge on any atom is -0.341 e. The van der Waals surface area contributed by atoms with Gasteiger partial charge in [0.15, 0.2) is 5.78 Å². The summed E-state index contributed by atoms with van der Waals surface area (Å²) < 4.78 is 2.27. The molecule has 0 saturated heterocycles. The minimum atomic E-state index is -0.237. The van der Waals surface area contributed by atoms with E-state index in [4.69, 9.17) is 19.2 Å². The first-order valence-electron chi connectivity index (χ1n) is 8.68. The number of hydrogen-bond donors (Lipinski definition) is 0. The molecule has 2 aliphatic carbocycles. The van der Waals surface area contributed by atoms with Gasteiger partial charge >= 0.3 is 12.3 Å². The molecular formula is C19H25NO5. The van der Waals surface area contributed by atoms with Crippen LogP contribution in [0.25, 0.3) is 0 Å². The fourth-order valence-corrected chi connectivity index (χ4v) is 3.64. The van der Waals surface area contributed by atoms with Gasteiger partial charge < -0.3 is 4.57 Å². The molecular weight excluding hydrogens is 322 g/mol. The van der Waals surface area contributed by atoms with Crippen molar-refractivity contribution in [3.05, 3.63) is 24.0 Å². The van der Waals surface area contributed by atoms with Crippen molar-refractivity contribution in [3.63, 3.8) is 0 Å². The van der Waals surface area contributed by atoms with Gasteiger partial charge in [-0.3, -0.25) is 4.79 Å². The van der Waals surface area contributed by atoms with E-state index in [1.165, 1.54) is 37.7 Å². The zero-order valence-corrected chi connectivity index (χ0v) is 14.8. The number of aromatic nitrogens is 1. The van der Waals surface area contributed by atoms with E-state index in [-0.39, 0.29) is 23.8 Å². The first kappa shape index (κ1) is 20.8. The molecule has 1 aromatic rings. The lowest BCUT2D eigenvalue weighted by atomic mass is 9.75. The highest BCUT2D eigenvalue weighted by Gasteiger charge is 2.42. The van der Waals surface area contributed by atoms with Crippen LogP contribution in [0.15, 0.2) is 18.5 Å². The van der Waals surface area contributed by atoms with Crippen molar-refractivity contribution in [2.24, 2.45) is 5.92 Å². The molecule has 2 aliphatic rings. The highest BCUT2D eigenvalue weighted by Crippen LogP contribution is 2.43. The first-order valence-corrected chi connectivity index (χ1v) is 8.68. The number of ketones is 1. The van der Waals surface area contributed by atoms with Gasteiger partial charge in [0, 0.05) is 18.3 Å². The second-order valence-corrected chi connectivity index (χ2v) is 6.90. The van der Waals surface area contributed by atoms with Crippen molar-refractivity contribution >= 4 is 18.1 Å². The average molecular weight is 347 g/mol. The largest absolute Gasteiger partial charge is 0.373 e. The van der Waals surface area contributed by atoms with Crippen LogP contribution in [0.2, 0.25) is 0 Å². The lowest BCUT2D eigenvalue weighted by Gasteiger charge is -2.38. The van der Waals surface area contributed by atoms with Gasteiger partial charge in [0.1, 0.15) is 5.54 Å². The number of carbonyl (C=O) groups is 1. The van der Waals surface area contributed by atoms with Crippen LogP contribution in [0.4, 0.5) is 0 Å². The predicted molar refractivity (Wildman–Crippen MR) is 87.3 cm³/mol. The molecule has 0 bridgehead atoms. The predicted octanol–water partition coefficient (Wildman–Crippen LogP) is 3.08. The van der Waals surface area contributed by atoms with Crippen molar-refractivity contribution in [2.75, 3.05) is 0 Å². The Morgan fingerprint density at radius 3 is 2.04 bits per heavy atom. The van der Waals surface area contributed by atoms with Crippen molar-refractivity contribution in [1.82, 2.24) is 4.57 Å². The third kappa shape index (κ3) is 5.35. The first-order chi connectivity index (χ1) is 12.0. The SMILES string of the molecule is CC(C)C(=O)C1(n2ccc(C3CC3)c2)CCCCC1.O=C=O.O=C=O. The molecule has 2 fully saturated rings. The quantitative estimate of drug-likeness (QED) is 0.835. The fraction of sp³-hybridized carbons (Fsp3) is 0.632. The Kier molecular flexibility index (Phi) is 8.20. The number of carbonyl (C=O) groups excluding carboxylic acids is 5. The summed E-state index contributed by atoms with van der Waals surface area (Å²) in [7, 11) is 0. The van der Waals surface area contributed by atoms with E-state index in [1.54, 1.807) is 0 Å². The van der Waals surface area contributed by atoms with Gasteiger partial charge in [-0.2, -0.15) is 19.2 Å². The standard InChI is InChI=1S/C17H25NO.2CO2/c1-13(2)16(19)17(9-4-3-5-10-17)18-11-8-15(12-18)14-6-7-14;2*2-1-3/h8,11-14H,3-7,9-10H2,1-2H3;;. The van der Waals surface area contributed by atoms with Crippen molar-refractivity contribution in [2.45, 2.75) is 70.3 Å². The Hall–Kier alpha value is -2.29. The summed E-state index contributed by atoms with van der Waals surface area (Å²) in [5, 5.41) is 0. The summed E-state index contributed by atoms with van der Waals surface area (Å²) in [6.45, 7) is 4.09. The van der Waals surface area contributed by atoms with Crippen LogP contribution in [0.5, 0.6) is 0 Å². The Morgan fingerprint density at radius 2 is 1.60 bits per heavy atom. The van der Waals surface area contributed by atoms with Crippen molar-refractivity contribution in [1.29, 1.82) is 0 Å². The zero-order valence-electron chi connectivity index (χ0n) is 14.8. The van der Waals surface area contributed by atoms with Crippen LogP contribution in [0, 0.1) is 5.92 Å². The maximum atomic E-state index is 12.8. The summed E-state index contributed by atoms with van der Waals surface area (Å²) in [6.07, 6.45) is 13.3. The molecule has 25 heavy (non-hydrogen) atoms. The monoisotopic (exact) mass is 347 g/mol. The van der Waals surface area contributed by atoms with Crippen molar-refractivity contribution in [3.8, 4) is 0 Å². The van der Waals surface area contributed by atoms with Crippen LogP contribution in [0.1, 0.15) is 70.3 Å². The molecule has 0 N–H and O–H groups in total. The maximum Gasteiger partial charge on any atom is 0.373 e. The van der Waals surface area contributed by atoms with E-state index < -0.39 is 0 Å². The van der Waals surface area contributed by atoms with Gasteiger partial charge in [-0.15, -0.1) is 0 Å². The van der Waals surface area contributed by atoms with Crippen LogP contribution in [-0.4, -0.2) is 22.7 Å². The van der Waals surface area contributed by atoms with Gasteiger partial charge in [-0.05, 0) is 43.2 Å². The molecule has 2 saturated carbocycles. The molecule has 0 unspecified atom stereocenters. The lowest BCUT2D eigenvalue weighted by Crippen LogP contribution is -2.45. The van der Waals surface area contributed by atoms with E-state index in [0.29, 0.717) is 5.78 Å². The van der Waals surface area contributed by atoms with Gasteiger partial charge in [0.25, 0.3) is 0 Å². The molecule has 136 valence electrons. The van der Waals surface area contributed by atoms with E-state index in [2.05, 4.69) is 23.0 Å². The maximum absolute atomic E-state index is 12.8. The molecule has 1 heterocycles. The van der Waals surface area contributed by atoms with Crippen LogP contribution in [0.3, 0.4) is 0 Å². The van der Waals surface area contributed by atoms with Crippen LogP contribution >= 0.6 is 0 Å². The highest BCUT2D eigenvalue weighted by molar-refractivity contribution is 5.88. The van der Waals surface area contributed by atoms with Gasteiger partial charge in [-0.25, -0.2) is 0 Å². The zero-order chi connectivity index (χ0) is 18.9. The Balaban J connectivity index is 0.000000460. The molecule has 1 aromatic heterocycles. The molecule has 3 rings (SSSR count). The molecule has 0 aromatic carbocycles. The van der Waals surface area contributed by atoms with E-state index >= 15 is 0 Å². The molecule has 0 atom stereocenters. The van der Waals surface area contributed by atoms with Crippen LogP contribution in [-0.2, 0) is 29.5 Å². The minimum absolute atomic E-state index is 0.130. The Morgan fingerprint density at radius 1 is 1.08 bits per heavy atom. The molecule has 0 amide bonds. The summed E-state index contributed by atoms with van der Waals surface area (Å²) in [4.78, 5) is 45.3. The average Bonchev–Trinajstić information content (AvgIpc) is 3.33. The number of Topliss-reactive ketones (excluding diaryl/α,β-unsaturated/α-hetero) is 1. The summed E-state index contributed by atoms with van der Waals surface area (Å²) in [5.41, 5.74) is 1.21. The summed E-state index contributed by atoms with van der Waals surface area (Å²) in [5.74, 6) is 1.34. The van der Waals surface area contributed by atoms with E-state index in [9.17, 15) is 4.79 Å². The van der Waals surface area contributed by atoms with Gasteiger partial charge in [0.05, 0.1) is 0 Å². The molecule has 6 nitrogen and oxygen atoms in total. The van der Waals surface area contributed by atoms with E-state index in [0.717, 1.165) is 18.8 Å². The second kappa shape index (κ2) is 9.87. The Bertz CT molecular complexity index is 612. The smallest absolute Gasteiger partial charge is 0.341 e. The normalized spacial score (nSPS) is 17.9. The molecule has 0 spiro atoms. The topological polar surface area (TPSA) is 90.3 Å². The fourth-order valence-electron chi connectivity index (χ4n) is 3.64. The molecule has 0 radical (unpaired) electrons. The number of nitrogens with zero attached hydrogens (tertiary/aromatic N) is 1. The highest BCUT2D eigenvalue weighted by atomic mass is 16.2. The summed E-state index contributed by atoms with van der Waals surface area (Å²) in [6, 6.07) is 2.24.